The molecule has 2 aliphatic rings. The summed E-state index contributed by atoms with van der Waals surface area (Å²) in [6, 6.07) is 13.7. The van der Waals surface area contributed by atoms with Crippen LogP contribution >= 0.6 is 0 Å². The molecule has 2 aromatic carbocycles. The fourth-order valence-electron chi connectivity index (χ4n) is 5.34. The van der Waals surface area contributed by atoms with Crippen LogP contribution < -0.4 is 24.3 Å². The number of Topliss-reactive ketones (excluding diaryl/α,β-unsaturated/α-hetero) is 1. The maximum Gasteiger partial charge on any atom is 0.203 e. The van der Waals surface area contributed by atoms with Crippen molar-refractivity contribution in [2.45, 2.75) is 52.1 Å². The summed E-state index contributed by atoms with van der Waals surface area (Å²) in [6.45, 7) is 4.32. The molecule has 4 rings (SSSR count). The average molecular weight is 503 g/mol. The molecule has 0 aromatic heterocycles. The molecule has 2 atom stereocenters. The maximum atomic E-state index is 13.4. The summed E-state index contributed by atoms with van der Waals surface area (Å²) in [5, 5.41) is 13.5. The quantitative estimate of drug-likeness (QED) is 0.463. The normalized spacial score (nSPS) is 19.1. The highest BCUT2D eigenvalue weighted by Gasteiger charge is 2.39. The van der Waals surface area contributed by atoms with Gasteiger partial charge in [0.05, 0.1) is 38.9 Å². The predicted octanol–water partition coefficient (Wildman–Crippen LogP) is 5.81. The molecule has 1 aliphatic heterocycles. The van der Waals surface area contributed by atoms with Crippen molar-refractivity contribution < 1.29 is 23.7 Å². The SMILES string of the molecule is CCCC1CC(=O)C2=C(C1)NC(C)=C(C#N)C2c1cc(OC)c(OCc2cccc(OC)c2)c(OC)c1. The Morgan fingerprint density at radius 2 is 1.78 bits per heavy atom. The number of carbonyl (C=O) groups excluding carboxylic acids is 1. The van der Waals surface area contributed by atoms with E-state index in [-0.39, 0.29) is 12.4 Å². The Bertz CT molecular complexity index is 1260. The highest BCUT2D eigenvalue weighted by atomic mass is 16.5. The van der Waals surface area contributed by atoms with Gasteiger partial charge in [-0.3, -0.25) is 4.79 Å². The minimum Gasteiger partial charge on any atom is -0.497 e. The summed E-state index contributed by atoms with van der Waals surface area (Å²) >= 11 is 0. The van der Waals surface area contributed by atoms with E-state index in [0.29, 0.717) is 40.7 Å². The fraction of sp³-hybridized carbons (Fsp3) is 0.400. The van der Waals surface area contributed by atoms with Crippen molar-refractivity contribution in [3.63, 3.8) is 0 Å². The van der Waals surface area contributed by atoms with Gasteiger partial charge in [-0.2, -0.15) is 5.26 Å². The molecule has 1 aliphatic carbocycles. The summed E-state index contributed by atoms with van der Waals surface area (Å²) in [5.74, 6) is 2.06. The standard InChI is InChI=1S/C30H34N2O5/c1-6-8-19-12-24-29(25(33)13-19)28(23(16-31)18(2)32-24)21-14-26(35-4)30(27(15-21)36-5)37-17-20-9-7-10-22(11-20)34-3/h7,9-11,14-15,19,28,32H,6,8,12-13,17H2,1-5H3. The molecule has 2 unspecified atom stereocenters. The van der Waals surface area contributed by atoms with E-state index in [0.717, 1.165) is 47.5 Å². The van der Waals surface area contributed by atoms with Crippen LogP contribution in [0.3, 0.4) is 0 Å². The Balaban J connectivity index is 1.74. The number of rotatable bonds is 9. The smallest absolute Gasteiger partial charge is 0.203 e. The van der Waals surface area contributed by atoms with Crippen LogP contribution in [0.4, 0.5) is 0 Å². The van der Waals surface area contributed by atoms with Crippen LogP contribution in [-0.2, 0) is 11.4 Å². The third-order valence-electron chi connectivity index (χ3n) is 7.06. The van der Waals surface area contributed by atoms with Crippen molar-refractivity contribution in [2.75, 3.05) is 21.3 Å². The number of benzene rings is 2. The number of nitriles is 1. The number of ketones is 1. The number of hydrogen-bond acceptors (Lipinski definition) is 7. The summed E-state index contributed by atoms with van der Waals surface area (Å²) in [7, 11) is 4.76. The second-order valence-corrected chi connectivity index (χ2v) is 9.48. The first-order valence-corrected chi connectivity index (χ1v) is 12.6. The monoisotopic (exact) mass is 502 g/mol. The lowest BCUT2D eigenvalue weighted by atomic mass is 9.72. The van der Waals surface area contributed by atoms with E-state index in [9.17, 15) is 10.1 Å². The van der Waals surface area contributed by atoms with Crippen molar-refractivity contribution in [1.29, 1.82) is 5.26 Å². The number of allylic oxidation sites excluding steroid dienone is 4. The maximum absolute atomic E-state index is 13.4. The van der Waals surface area contributed by atoms with E-state index in [2.05, 4.69) is 18.3 Å². The van der Waals surface area contributed by atoms with E-state index in [1.54, 1.807) is 21.3 Å². The third-order valence-corrected chi connectivity index (χ3v) is 7.06. The van der Waals surface area contributed by atoms with Gasteiger partial charge in [-0.25, -0.2) is 0 Å². The van der Waals surface area contributed by atoms with Crippen LogP contribution in [0.2, 0.25) is 0 Å². The highest BCUT2D eigenvalue weighted by molar-refractivity contribution is 6.00. The van der Waals surface area contributed by atoms with Crippen LogP contribution in [0.5, 0.6) is 23.0 Å². The summed E-state index contributed by atoms with van der Waals surface area (Å²) in [5.41, 5.74) is 4.58. The van der Waals surface area contributed by atoms with Gasteiger partial charge < -0.3 is 24.3 Å². The molecule has 7 nitrogen and oxygen atoms in total. The molecule has 7 heteroatoms. The number of carbonyl (C=O) groups is 1. The number of nitrogens with one attached hydrogen (secondary N) is 1. The highest BCUT2D eigenvalue weighted by Crippen LogP contribution is 2.48. The van der Waals surface area contributed by atoms with E-state index in [1.165, 1.54) is 0 Å². The lowest BCUT2D eigenvalue weighted by molar-refractivity contribution is -0.117. The molecule has 0 fully saturated rings. The molecule has 0 amide bonds. The van der Waals surface area contributed by atoms with Gasteiger partial charge in [0.15, 0.2) is 17.3 Å². The van der Waals surface area contributed by atoms with E-state index in [4.69, 9.17) is 18.9 Å². The molecule has 0 radical (unpaired) electrons. The van der Waals surface area contributed by atoms with Gasteiger partial charge in [0.2, 0.25) is 5.75 Å². The largest absolute Gasteiger partial charge is 0.497 e. The van der Waals surface area contributed by atoms with Crippen molar-refractivity contribution in [2.24, 2.45) is 5.92 Å². The molecule has 1 N–H and O–H groups in total. The number of nitrogens with zero attached hydrogens (tertiary/aromatic N) is 1. The molecule has 0 bridgehead atoms. The van der Waals surface area contributed by atoms with Crippen molar-refractivity contribution >= 4 is 5.78 Å². The average Bonchev–Trinajstić information content (AvgIpc) is 2.90. The first kappa shape index (κ1) is 26.2. The van der Waals surface area contributed by atoms with Gasteiger partial charge in [0.25, 0.3) is 0 Å². The lowest BCUT2D eigenvalue weighted by Gasteiger charge is -2.35. The summed E-state index contributed by atoms with van der Waals surface area (Å²) < 4.78 is 22.9. The van der Waals surface area contributed by atoms with Gasteiger partial charge in [0.1, 0.15) is 12.4 Å². The van der Waals surface area contributed by atoms with Crippen molar-refractivity contribution in [1.82, 2.24) is 5.32 Å². The number of methoxy groups -OCH3 is 3. The summed E-state index contributed by atoms with van der Waals surface area (Å²) in [6.07, 6.45) is 3.34. The van der Waals surface area contributed by atoms with Gasteiger partial charge in [-0.05, 0) is 61.1 Å². The van der Waals surface area contributed by atoms with Crippen LogP contribution in [0, 0.1) is 17.2 Å². The molecule has 1 heterocycles. The Morgan fingerprint density at radius 3 is 2.41 bits per heavy atom. The van der Waals surface area contributed by atoms with E-state index in [1.807, 2.05) is 43.3 Å². The van der Waals surface area contributed by atoms with Gasteiger partial charge >= 0.3 is 0 Å². The van der Waals surface area contributed by atoms with E-state index >= 15 is 0 Å². The minimum absolute atomic E-state index is 0.0914. The van der Waals surface area contributed by atoms with Gasteiger partial charge in [-0.15, -0.1) is 0 Å². The van der Waals surface area contributed by atoms with Crippen LogP contribution in [0.25, 0.3) is 0 Å². The zero-order valence-corrected chi connectivity index (χ0v) is 22.1. The van der Waals surface area contributed by atoms with Crippen molar-refractivity contribution in [3.05, 3.63) is 70.1 Å². The van der Waals surface area contributed by atoms with Gasteiger partial charge in [0, 0.05) is 23.4 Å². The Hall–Kier alpha value is -3.92. The Labute approximate surface area is 218 Å². The Kier molecular flexibility index (Phi) is 8.08. The topological polar surface area (TPSA) is 89.8 Å². The van der Waals surface area contributed by atoms with Crippen molar-refractivity contribution in [3.8, 4) is 29.1 Å². The van der Waals surface area contributed by atoms with Crippen LogP contribution in [0.15, 0.2) is 58.9 Å². The second-order valence-electron chi connectivity index (χ2n) is 9.48. The number of hydrogen-bond donors (Lipinski definition) is 1. The lowest BCUT2D eigenvalue weighted by Crippen LogP contribution is -2.34. The minimum atomic E-state index is -0.494. The molecular weight excluding hydrogens is 468 g/mol. The fourth-order valence-corrected chi connectivity index (χ4v) is 5.34. The first-order chi connectivity index (χ1) is 17.9. The second kappa shape index (κ2) is 11.4. The van der Waals surface area contributed by atoms with Crippen LogP contribution in [0.1, 0.15) is 56.6 Å². The molecular formula is C30H34N2O5. The van der Waals surface area contributed by atoms with Gasteiger partial charge in [-0.1, -0.05) is 25.5 Å². The molecule has 0 saturated heterocycles. The molecule has 2 aromatic rings. The van der Waals surface area contributed by atoms with E-state index < -0.39 is 5.92 Å². The summed E-state index contributed by atoms with van der Waals surface area (Å²) in [4.78, 5) is 13.4. The predicted molar refractivity (Wildman–Crippen MR) is 141 cm³/mol. The zero-order valence-electron chi connectivity index (χ0n) is 22.1. The Morgan fingerprint density at radius 1 is 1.05 bits per heavy atom. The zero-order chi connectivity index (χ0) is 26.5. The molecule has 37 heavy (non-hydrogen) atoms. The number of ether oxygens (including phenoxy) is 4. The molecule has 194 valence electrons. The molecule has 0 saturated carbocycles. The van der Waals surface area contributed by atoms with Crippen LogP contribution in [-0.4, -0.2) is 27.1 Å². The number of dihydropyridines is 1. The molecule has 0 spiro atoms. The third kappa shape index (κ3) is 5.29. The first-order valence-electron chi connectivity index (χ1n) is 12.6.